The van der Waals surface area contributed by atoms with Gasteiger partial charge < -0.3 is 20.9 Å². The Balaban J connectivity index is 0.00000160. The summed E-state index contributed by atoms with van der Waals surface area (Å²) in [7, 11) is 0. The molecule has 3 N–H and O–H groups in total. The van der Waals surface area contributed by atoms with Gasteiger partial charge in [0.15, 0.2) is 0 Å². The summed E-state index contributed by atoms with van der Waals surface area (Å²) in [6, 6.07) is 7.92. The summed E-state index contributed by atoms with van der Waals surface area (Å²) in [4.78, 5) is 46.6. The molecule has 1 atom stereocenters. The number of rotatable bonds is 5. The van der Waals surface area contributed by atoms with E-state index in [0.717, 1.165) is 61.0 Å². The molecule has 10 nitrogen and oxygen atoms in total. The molecule has 0 aromatic carbocycles. The molecule has 37 heavy (non-hydrogen) atoms. The number of thioether (sulfide) groups is 1. The lowest BCUT2D eigenvalue weighted by molar-refractivity contribution is -0.117. The lowest BCUT2D eigenvalue weighted by atomic mass is 10.0. The predicted molar refractivity (Wildman–Crippen MR) is 150 cm³/mol. The third-order valence-corrected chi connectivity index (χ3v) is 8.34. The van der Waals surface area contributed by atoms with E-state index in [0.29, 0.717) is 30.7 Å². The molecule has 200 valence electrons. The van der Waals surface area contributed by atoms with E-state index in [1.165, 1.54) is 11.8 Å². The quantitative estimate of drug-likeness (QED) is 0.503. The summed E-state index contributed by atoms with van der Waals surface area (Å²) >= 11 is 1.52. The van der Waals surface area contributed by atoms with E-state index in [-0.39, 0.29) is 54.8 Å². The van der Waals surface area contributed by atoms with Crippen LogP contribution in [0.4, 0.5) is 17.3 Å². The van der Waals surface area contributed by atoms with Crippen molar-refractivity contribution < 1.29 is 9.59 Å². The number of carbonyl (C=O) groups is 2. The van der Waals surface area contributed by atoms with Gasteiger partial charge in [-0.3, -0.25) is 23.9 Å². The van der Waals surface area contributed by atoms with Crippen molar-refractivity contribution in [3.63, 3.8) is 0 Å². The van der Waals surface area contributed by atoms with Crippen molar-refractivity contribution in [3.8, 4) is 0 Å². The SMILES string of the molecule is Cl.Cl.O=C1CSc2ccc(CNC3CCN(CC4CCN5C(=O)CNc6ccc(=O)n4c65)CC3)nc2N1. The second kappa shape index (κ2) is 11.6. The summed E-state index contributed by atoms with van der Waals surface area (Å²) in [5, 5.41) is 9.63. The number of pyridine rings is 2. The van der Waals surface area contributed by atoms with E-state index in [2.05, 4.69) is 25.8 Å². The molecule has 6 heterocycles. The van der Waals surface area contributed by atoms with E-state index in [9.17, 15) is 14.4 Å². The fraction of sp³-hybridized carbons (Fsp3) is 0.500. The average molecular weight is 569 g/mol. The molecular weight excluding hydrogens is 537 g/mol. The third kappa shape index (κ3) is 5.61. The molecule has 0 bridgehead atoms. The number of likely N-dealkylation sites (tertiary alicyclic amines) is 1. The topological polar surface area (TPSA) is 112 Å². The number of anilines is 3. The summed E-state index contributed by atoms with van der Waals surface area (Å²) < 4.78 is 1.83. The number of hydrogen-bond donors (Lipinski definition) is 3. The van der Waals surface area contributed by atoms with Crippen molar-refractivity contribution >= 4 is 65.7 Å². The molecular formula is C24H31Cl2N7O3S. The van der Waals surface area contributed by atoms with Gasteiger partial charge >= 0.3 is 0 Å². The smallest absolute Gasteiger partial charge is 0.252 e. The summed E-state index contributed by atoms with van der Waals surface area (Å²) in [5.41, 5.74) is 1.75. The first-order valence-electron chi connectivity index (χ1n) is 12.2. The minimum absolute atomic E-state index is 0. The number of aromatic nitrogens is 2. The van der Waals surface area contributed by atoms with Crippen LogP contribution in [0.25, 0.3) is 0 Å². The van der Waals surface area contributed by atoms with Crippen molar-refractivity contribution in [2.45, 2.75) is 42.8 Å². The molecule has 13 heteroatoms. The number of hydrogen-bond acceptors (Lipinski definition) is 8. The number of nitrogens with one attached hydrogen (secondary N) is 3. The first kappa shape index (κ1) is 27.7. The predicted octanol–water partition coefficient (Wildman–Crippen LogP) is 2.09. The van der Waals surface area contributed by atoms with Gasteiger partial charge in [0.1, 0.15) is 11.6 Å². The van der Waals surface area contributed by atoms with Crippen LogP contribution in [-0.4, -0.2) is 70.8 Å². The highest BCUT2D eigenvalue weighted by Crippen LogP contribution is 2.35. The van der Waals surface area contributed by atoms with E-state index in [1.807, 2.05) is 16.7 Å². The standard InChI is InChI=1S/C24H29N7O3S.2ClH/c32-20-14-35-19-3-1-16(27-23(19)28-20)11-25-15-5-8-29(9-6-15)13-17-7-10-30-22(34)12-26-18-2-4-21(33)31(17)24(18)30;;/h1-4,15,17,25-26H,5-14H2,(H,27,28,32);2*1H. The van der Waals surface area contributed by atoms with Crippen LogP contribution in [0.5, 0.6) is 0 Å². The van der Waals surface area contributed by atoms with Crippen LogP contribution in [0.15, 0.2) is 34.0 Å². The van der Waals surface area contributed by atoms with Crippen molar-refractivity contribution in [2.24, 2.45) is 0 Å². The first-order chi connectivity index (χ1) is 17.0. The van der Waals surface area contributed by atoms with Gasteiger partial charge in [-0.05, 0) is 50.6 Å². The lowest BCUT2D eigenvalue weighted by Crippen LogP contribution is -2.51. The maximum atomic E-state index is 12.8. The molecule has 1 unspecified atom stereocenters. The Morgan fingerprint density at radius 3 is 2.65 bits per heavy atom. The number of piperidine rings is 1. The maximum absolute atomic E-state index is 12.8. The number of fused-ring (bicyclic) bond motifs is 1. The molecule has 1 fully saturated rings. The Bertz CT molecular complexity index is 1240. The highest BCUT2D eigenvalue weighted by atomic mass is 35.5. The van der Waals surface area contributed by atoms with Crippen molar-refractivity contribution in [1.82, 2.24) is 19.8 Å². The van der Waals surface area contributed by atoms with Crippen LogP contribution in [0.3, 0.4) is 0 Å². The van der Waals surface area contributed by atoms with Gasteiger partial charge in [0.05, 0.1) is 34.6 Å². The largest absolute Gasteiger partial charge is 0.373 e. The lowest BCUT2D eigenvalue weighted by Gasteiger charge is -2.42. The Morgan fingerprint density at radius 1 is 1.03 bits per heavy atom. The van der Waals surface area contributed by atoms with Crippen LogP contribution in [0.2, 0.25) is 0 Å². The fourth-order valence-corrected chi connectivity index (χ4v) is 6.23. The minimum Gasteiger partial charge on any atom is -0.373 e. The Kier molecular flexibility index (Phi) is 8.70. The van der Waals surface area contributed by atoms with Gasteiger partial charge in [-0.15, -0.1) is 36.6 Å². The normalized spacial score (nSPS) is 21.1. The number of amides is 2. The minimum atomic E-state index is -0.0429. The van der Waals surface area contributed by atoms with E-state index in [4.69, 9.17) is 0 Å². The number of carbonyl (C=O) groups excluding carboxylic acids is 2. The molecule has 2 aromatic rings. The monoisotopic (exact) mass is 567 g/mol. The Hall–Kier alpha value is -2.31. The molecule has 0 saturated carbocycles. The first-order valence-corrected chi connectivity index (χ1v) is 13.2. The number of nitrogens with zero attached hydrogens (tertiary/aromatic N) is 4. The van der Waals surface area contributed by atoms with Crippen LogP contribution < -0.4 is 26.4 Å². The Morgan fingerprint density at radius 2 is 1.84 bits per heavy atom. The van der Waals surface area contributed by atoms with E-state index >= 15 is 0 Å². The van der Waals surface area contributed by atoms with Gasteiger partial charge in [0, 0.05) is 31.7 Å². The van der Waals surface area contributed by atoms with Crippen LogP contribution in [-0.2, 0) is 16.1 Å². The van der Waals surface area contributed by atoms with E-state index in [1.54, 1.807) is 17.0 Å². The molecule has 1 saturated heterocycles. The molecule has 0 spiro atoms. The highest BCUT2D eigenvalue weighted by Gasteiger charge is 2.35. The fourth-order valence-electron chi connectivity index (χ4n) is 5.47. The average Bonchev–Trinajstić information content (AvgIpc) is 2.87. The van der Waals surface area contributed by atoms with Crippen LogP contribution >= 0.6 is 36.6 Å². The molecule has 2 aromatic heterocycles. The van der Waals surface area contributed by atoms with Crippen molar-refractivity contribution in [3.05, 3.63) is 40.3 Å². The summed E-state index contributed by atoms with van der Waals surface area (Å²) in [5.74, 6) is 1.87. The maximum Gasteiger partial charge on any atom is 0.252 e. The van der Waals surface area contributed by atoms with Gasteiger partial charge in [-0.25, -0.2) is 4.98 Å². The summed E-state index contributed by atoms with van der Waals surface area (Å²) in [6.45, 7) is 4.35. The zero-order valence-corrected chi connectivity index (χ0v) is 22.7. The van der Waals surface area contributed by atoms with Gasteiger partial charge in [0.2, 0.25) is 11.8 Å². The zero-order valence-electron chi connectivity index (χ0n) is 20.3. The van der Waals surface area contributed by atoms with Crippen molar-refractivity contribution in [1.29, 1.82) is 0 Å². The van der Waals surface area contributed by atoms with Crippen LogP contribution in [0.1, 0.15) is 31.0 Å². The zero-order chi connectivity index (χ0) is 23.9. The second-order valence-electron chi connectivity index (χ2n) is 9.56. The van der Waals surface area contributed by atoms with E-state index < -0.39 is 0 Å². The molecule has 0 radical (unpaired) electrons. The van der Waals surface area contributed by atoms with Crippen LogP contribution in [0, 0.1) is 0 Å². The van der Waals surface area contributed by atoms with Gasteiger partial charge in [-0.1, -0.05) is 0 Å². The molecule has 2 amide bonds. The highest BCUT2D eigenvalue weighted by molar-refractivity contribution is 8.00. The second-order valence-corrected chi connectivity index (χ2v) is 10.6. The van der Waals surface area contributed by atoms with Gasteiger partial charge in [0.25, 0.3) is 5.56 Å². The van der Waals surface area contributed by atoms with Gasteiger partial charge in [-0.2, -0.15) is 0 Å². The molecule has 0 aliphatic carbocycles. The van der Waals surface area contributed by atoms with Crippen molar-refractivity contribution in [2.75, 3.05) is 54.0 Å². The third-order valence-electron chi connectivity index (χ3n) is 7.30. The molecule has 6 rings (SSSR count). The number of halogens is 2. The molecule has 4 aliphatic heterocycles. The molecule has 4 aliphatic rings. The summed E-state index contributed by atoms with van der Waals surface area (Å²) in [6.07, 6.45) is 2.84. The Labute approximate surface area is 231 Å².